The van der Waals surface area contributed by atoms with Gasteiger partial charge in [0.15, 0.2) is 0 Å². The Morgan fingerprint density at radius 2 is 1.67 bits per heavy atom. The second kappa shape index (κ2) is 15.7. The van der Waals surface area contributed by atoms with E-state index in [1.165, 1.54) is 11.8 Å². The van der Waals surface area contributed by atoms with Crippen molar-refractivity contribution < 1.29 is 27.6 Å². The molecule has 2 fully saturated rings. The van der Waals surface area contributed by atoms with Crippen molar-refractivity contribution in [3.63, 3.8) is 0 Å². The molecule has 0 saturated carbocycles. The third kappa shape index (κ3) is 9.49. The fourth-order valence-electron chi connectivity index (χ4n) is 5.74. The molecule has 2 saturated heterocycles. The summed E-state index contributed by atoms with van der Waals surface area (Å²) in [5.74, 6) is -1.55. The molecule has 0 spiro atoms. The zero-order valence-corrected chi connectivity index (χ0v) is 27.0. The number of likely N-dealkylation sites (tertiary alicyclic amines) is 1. The monoisotopic (exact) mass is 660 g/mol. The fraction of sp³-hybridized carbons (Fsp3) is 0.484. The van der Waals surface area contributed by atoms with E-state index in [-0.39, 0.29) is 56.0 Å². The van der Waals surface area contributed by atoms with Crippen LogP contribution < -0.4 is 15.8 Å². The fourth-order valence-corrected chi connectivity index (χ4v) is 7.30. The van der Waals surface area contributed by atoms with Crippen molar-refractivity contribution in [3.05, 3.63) is 70.2 Å². The van der Waals surface area contributed by atoms with E-state index in [0.717, 1.165) is 11.1 Å². The summed E-state index contributed by atoms with van der Waals surface area (Å²) in [5.41, 5.74) is 7.98. The lowest BCUT2D eigenvalue weighted by atomic mass is 10.1. The molecule has 2 aliphatic rings. The van der Waals surface area contributed by atoms with Crippen molar-refractivity contribution in [2.24, 2.45) is 5.73 Å². The van der Waals surface area contributed by atoms with Gasteiger partial charge in [0.2, 0.25) is 33.7 Å². The topological polar surface area (TPSA) is 162 Å². The van der Waals surface area contributed by atoms with Crippen LogP contribution in [0.15, 0.2) is 48.5 Å². The minimum atomic E-state index is -3.99. The van der Waals surface area contributed by atoms with E-state index in [9.17, 15) is 27.6 Å². The largest absolute Gasteiger partial charge is 0.350 e. The first-order valence-electron chi connectivity index (χ1n) is 15.1. The van der Waals surface area contributed by atoms with E-state index in [0.29, 0.717) is 49.6 Å². The lowest BCUT2D eigenvalue weighted by molar-refractivity contribution is -0.141. The molecule has 0 radical (unpaired) electrons. The summed E-state index contributed by atoms with van der Waals surface area (Å²) in [4.78, 5) is 56.7. The standard InChI is InChI=1S/C31H41ClN6O6S/c1-22(39)36-14-16-37(17-15-36)29(40)12-11-27(35-45(43,44)21-23-6-3-2-4-7-23)31(42)38-13-5-8-28(38)30(41)34-20-25-18-26(32)10-9-24(25)19-33/h2-4,6-7,9-10,18,27-28,35H,5,8,11-17,19-21,33H2,1H3,(H,34,41). The number of benzene rings is 2. The highest BCUT2D eigenvalue weighted by Gasteiger charge is 2.38. The maximum Gasteiger partial charge on any atom is 0.243 e. The molecule has 2 aromatic rings. The Kier molecular flexibility index (Phi) is 12.0. The summed E-state index contributed by atoms with van der Waals surface area (Å²) in [6.45, 7) is 3.76. The highest BCUT2D eigenvalue weighted by atomic mass is 35.5. The highest BCUT2D eigenvalue weighted by Crippen LogP contribution is 2.22. The molecule has 2 heterocycles. The van der Waals surface area contributed by atoms with Gasteiger partial charge in [-0.05, 0) is 48.1 Å². The molecule has 14 heteroatoms. The van der Waals surface area contributed by atoms with Crippen molar-refractivity contribution in [1.29, 1.82) is 0 Å². The van der Waals surface area contributed by atoms with Gasteiger partial charge in [0.25, 0.3) is 0 Å². The van der Waals surface area contributed by atoms with E-state index in [1.54, 1.807) is 58.3 Å². The molecule has 4 rings (SSSR count). The van der Waals surface area contributed by atoms with Gasteiger partial charge < -0.3 is 25.8 Å². The molecule has 0 aliphatic carbocycles. The lowest BCUT2D eigenvalue weighted by Crippen LogP contribution is -2.54. The van der Waals surface area contributed by atoms with Crippen molar-refractivity contribution in [2.75, 3.05) is 32.7 Å². The quantitative estimate of drug-likeness (QED) is 0.310. The molecule has 244 valence electrons. The maximum atomic E-state index is 13.9. The number of sulfonamides is 1. The first-order valence-corrected chi connectivity index (χ1v) is 17.1. The molecule has 0 aromatic heterocycles. The van der Waals surface area contributed by atoms with Crippen molar-refractivity contribution in [2.45, 2.75) is 63.5 Å². The number of carbonyl (C=O) groups is 4. The molecule has 2 atom stereocenters. The number of hydrogen-bond acceptors (Lipinski definition) is 7. The number of hydrogen-bond donors (Lipinski definition) is 3. The molecule has 2 unspecified atom stereocenters. The Morgan fingerprint density at radius 3 is 2.33 bits per heavy atom. The van der Waals surface area contributed by atoms with Crippen LogP contribution >= 0.6 is 11.6 Å². The smallest absolute Gasteiger partial charge is 0.243 e. The van der Waals surface area contributed by atoms with Gasteiger partial charge in [-0.25, -0.2) is 13.1 Å². The molecular weight excluding hydrogens is 620 g/mol. The third-order valence-corrected chi connectivity index (χ3v) is 9.82. The van der Waals surface area contributed by atoms with Gasteiger partial charge >= 0.3 is 0 Å². The van der Waals surface area contributed by atoms with E-state index >= 15 is 0 Å². The van der Waals surface area contributed by atoms with Crippen molar-refractivity contribution >= 4 is 45.3 Å². The number of rotatable bonds is 12. The summed E-state index contributed by atoms with van der Waals surface area (Å²) in [5, 5.41) is 3.39. The number of halogens is 1. The first kappa shape index (κ1) is 34.4. The van der Waals surface area contributed by atoms with Gasteiger partial charge in [0, 0.05) is 64.2 Å². The maximum absolute atomic E-state index is 13.9. The Bertz CT molecular complexity index is 1480. The SMILES string of the molecule is CC(=O)N1CCN(C(=O)CCC(NS(=O)(=O)Cc2ccccc2)C(=O)N2CCCC2C(=O)NCc2cc(Cl)ccc2CN)CC1. The molecule has 0 bridgehead atoms. The number of carbonyl (C=O) groups excluding carboxylic acids is 4. The molecule has 2 aliphatic heterocycles. The van der Waals surface area contributed by atoms with Crippen LogP contribution in [0.25, 0.3) is 0 Å². The molecular formula is C31H41ClN6O6S. The Hall–Kier alpha value is -3.52. The Morgan fingerprint density at radius 1 is 0.978 bits per heavy atom. The molecule has 12 nitrogen and oxygen atoms in total. The van der Waals surface area contributed by atoms with Crippen LogP contribution in [0.5, 0.6) is 0 Å². The second-order valence-electron chi connectivity index (χ2n) is 11.4. The van der Waals surface area contributed by atoms with E-state index in [2.05, 4.69) is 10.0 Å². The number of amides is 4. The molecule has 2 aromatic carbocycles. The summed E-state index contributed by atoms with van der Waals surface area (Å²) in [6, 6.07) is 11.8. The lowest BCUT2D eigenvalue weighted by Gasteiger charge is -2.34. The molecule has 4 amide bonds. The van der Waals surface area contributed by atoms with Crippen LogP contribution in [0.1, 0.15) is 49.3 Å². The number of nitrogens with zero attached hydrogens (tertiary/aromatic N) is 3. The van der Waals surface area contributed by atoms with Crippen LogP contribution in [-0.2, 0) is 48.0 Å². The average molecular weight is 661 g/mol. The Labute approximate surface area is 269 Å². The first-order chi connectivity index (χ1) is 21.5. The van der Waals surface area contributed by atoms with Crippen molar-refractivity contribution in [1.82, 2.24) is 24.7 Å². The highest BCUT2D eigenvalue weighted by molar-refractivity contribution is 7.88. The van der Waals surface area contributed by atoms with Crippen LogP contribution in [0.4, 0.5) is 0 Å². The van der Waals surface area contributed by atoms with Crippen molar-refractivity contribution in [3.8, 4) is 0 Å². The van der Waals surface area contributed by atoms with Gasteiger partial charge in [0.1, 0.15) is 12.1 Å². The molecule has 45 heavy (non-hydrogen) atoms. The summed E-state index contributed by atoms with van der Waals surface area (Å²) in [6.07, 6.45) is 0.828. The predicted octanol–water partition coefficient (Wildman–Crippen LogP) is 1.37. The summed E-state index contributed by atoms with van der Waals surface area (Å²) in [7, 11) is -3.99. The van der Waals surface area contributed by atoms with Crippen LogP contribution in [0, 0.1) is 0 Å². The predicted molar refractivity (Wildman–Crippen MR) is 170 cm³/mol. The van der Waals surface area contributed by atoms with E-state index in [4.69, 9.17) is 17.3 Å². The van der Waals surface area contributed by atoms with Gasteiger partial charge in [-0.2, -0.15) is 0 Å². The zero-order chi connectivity index (χ0) is 32.6. The zero-order valence-electron chi connectivity index (χ0n) is 25.4. The number of nitrogens with two attached hydrogens (primary N) is 1. The van der Waals surface area contributed by atoms with Gasteiger partial charge in [-0.15, -0.1) is 0 Å². The minimum Gasteiger partial charge on any atom is -0.350 e. The summed E-state index contributed by atoms with van der Waals surface area (Å²) < 4.78 is 29.0. The van der Waals surface area contributed by atoms with Crippen LogP contribution in [0.2, 0.25) is 5.02 Å². The number of nitrogens with one attached hydrogen (secondary N) is 2. The summed E-state index contributed by atoms with van der Waals surface area (Å²) >= 11 is 6.13. The van der Waals surface area contributed by atoms with E-state index < -0.39 is 28.0 Å². The van der Waals surface area contributed by atoms with Gasteiger partial charge in [-0.3, -0.25) is 19.2 Å². The average Bonchev–Trinajstić information content (AvgIpc) is 3.52. The van der Waals surface area contributed by atoms with Gasteiger partial charge in [-0.1, -0.05) is 48.0 Å². The Balaban J connectivity index is 1.46. The molecule has 4 N–H and O–H groups in total. The van der Waals surface area contributed by atoms with E-state index in [1.807, 2.05) is 0 Å². The van der Waals surface area contributed by atoms with Crippen LogP contribution in [0.3, 0.4) is 0 Å². The number of piperazine rings is 1. The third-order valence-electron chi connectivity index (χ3n) is 8.22. The van der Waals surface area contributed by atoms with Gasteiger partial charge in [0.05, 0.1) is 5.75 Å². The minimum absolute atomic E-state index is 0.0582. The van der Waals surface area contributed by atoms with Crippen LogP contribution in [-0.4, -0.2) is 91.6 Å². The normalized spacial score (nSPS) is 17.7. The second-order valence-corrected chi connectivity index (χ2v) is 13.6.